The van der Waals surface area contributed by atoms with Crippen molar-refractivity contribution in [3.63, 3.8) is 0 Å². The average Bonchev–Trinajstić information content (AvgIpc) is 2.53. The topological polar surface area (TPSA) is 64.9 Å². The highest BCUT2D eigenvalue weighted by atomic mass is 35.5. The second-order valence-electron chi connectivity index (χ2n) is 2.43. The summed E-state index contributed by atoms with van der Waals surface area (Å²) in [7, 11) is 0. The van der Waals surface area contributed by atoms with Gasteiger partial charge in [-0.05, 0) is 12.1 Å². The molecule has 5 heteroatoms. The van der Waals surface area contributed by atoms with Crippen molar-refractivity contribution in [1.82, 2.24) is 10.2 Å². The van der Waals surface area contributed by atoms with E-state index in [9.17, 15) is 0 Å². The molecule has 0 spiro atoms. The number of hydrogen-bond donors (Lipinski definition) is 1. The summed E-state index contributed by atoms with van der Waals surface area (Å²) >= 11 is 5.90. The van der Waals surface area contributed by atoms with Crippen molar-refractivity contribution in [2.45, 2.75) is 0 Å². The molecule has 2 rings (SSSR count). The van der Waals surface area contributed by atoms with Crippen LogP contribution in [-0.4, -0.2) is 10.2 Å². The predicted octanol–water partition coefficient (Wildman–Crippen LogP) is 1.97. The molecule has 0 fully saturated rings. The molecule has 0 unspecified atom stereocenters. The molecule has 0 aliphatic carbocycles. The first-order chi connectivity index (χ1) is 6.27. The molecule has 0 radical (unpaired) electrons. The maximum absolute atomic E-state index is 5.90. The van der Waals surface area contributed by atoms with Gasteiger partial charge in [-0.15, -0.1) is 5.10 Å². The monoisotopic (exact) mass is 195 g/mol. The number of rotatable bonds is 1. The van der Waals surface area contributed by atoms with Crippen molar-refractivity contribution in [3.8, 4) is 11.5 Å². The van der Waals surface area contributed by atoms with Gasteiger partial charge in [-0.1, -0.05) is 28.8 Å². The molecule has 0 saturated carbocycles. The van der Waals surface area contributed by atoms with Crippen molar-refractivity contribution in [1.29, 1.82) is 0 Å². The first kappa shape index (κ1) is 8.07. The molecule has 0 atom stereocenters. The molecule has 0 aliphatic rings. The minimum atomic E-state index is 0.0370. The molecule has 0 aliphatic heterocycles. The largest absolute Gasteiger partial charge is 0.404 e. The highest BCUT2D eigenvalue weighted by Gasteiger charge is 2.08. The van der Waals surface area contributed by atoms with Crippen LogP contribution in [0, 0.1) is 0 Å². The first-order valence-electron chi connectivity index (χ1n) is 3.61. The Labute approximate surface area is 79.3 Å². The van der Waals surface area contributed by atoms with Crippen LogP contribution in [0.15, 0.2) is 28.7 Å². The van der Waals surface area contributed by atoms with Crippen LogP contribution in [0.25, 0.3) is 11.5 Å². The van der Waals surface area contributed by atoms with Crippen LogP contribution in [0.3, 0.4) is 0 Å². The van der Waals surface area contributed by atoms with Crippen molar-refractivity contribution in [3.05, 3.63) is 29.3 Å². The van der Waals surface area contributed by atoms with Crippen LogP contribution < -0.4 is 5.73 Å². The summed E-state index contributed by atoms with van der Waals surface area (Å²) in [6.45, 7) is 0. The Morgan fingerprint density at radius 3 is 2.62 bits per heavy atom. The number of aromatic nitrogens is 2. The second kappa shape index (κ2) is 3.06. The number of nitrogen functional groups attached to an aromatic ring is 1. The van der Waals surface area contributed by atoms with Gasteiger partial charge >= 0.3 is 6.01 Å². The van der Waals surface area contributed by atoms with Gasteiger partial charge in [0.25, 0.3) is 5.89 Å². The van der Waals surface area contributed by atoms with Crippen LogP contribution in [0.2, 0.25) is 5.02 Å². The van der Waals surface area contributed by atoms with Gasteiger partial charge in [0.15, 0.2) is 0 Å². The number of nitrogens with two attached hydrogens (primary N) is 1. The quantitative estimate of drug-likeness (QED) is 0.756. The molecule has 4 nitrogen and oxygen atoms in total. The highest BCUT2D eigenvalue weighted by Crippen LogP contribution is 2.26. The molecule has 1 aromatic carbocycles. The average molecular weight is 196 g/mol. The molecular formula is C8H6ClN3O. The van der Waals surface area contributed by atoms with E-state index < -0.39 is 0 Å². The van der Waals surface area contributed by atoms with Crippen LogP contribution in [0.5, 0.6) is 0 Å². The van der Waals surface area contributed by atoms with E-state index in [0.29, 0.717) is 16.5 Å². The molecule has 66 valence electrons. The minimum Gasteiger partial charge on any atom is -0.404 e. The van der Waals surface area contributed by atoms with Crippen molar-refractivity contribution < 1.29 is 4.42 Å². The third-order valence-corrected chi connectivity index (χ3v) is 1.87. The number of nitrogens with zero attached hydrogens (tertiary/aromatic N) is 2. The normalized spacial score (nSPS) is 10.2. The number of halogens is 1. The number of anilines is 1. The van der Waals surface area contributed by atoms with E-state index in [1.54, 1.807) is 12.1 Å². The second-order valence-corrected chi connectivity index (χ2v) is 2.83. The lowest BCUT2D eigenvalue weighted by molar-refractivity contribution is 0.590. The summed E-state index contributed by atoms with van der Waals surface area (Å²) in [4.78, 5) is 0. The zero-order chi connectivity index (χ0) is 9.26. The molecule has 1 heterocycles. The zero-order valence-electron chi connectivity index (χ0n) is 6.57. The van der Waals surface area contributed by atoms with E-state index in [0.717, 1.165) is 0 Å². The molecule has 2 N–H and O–H groups in total. The molecular weight excluding hydrogens is 190 g/mol. The van der Waals surface area contributed by atoms with Gasteiger partial charge in [-0.2, -0.15) is 0 Å². The SMILES string of the molecule is Nc1nnc(-c2ccccc2Cl)o1. The number of benzene rings is 1. The standard InChI is InChI=1S/C8H6ClN3O/c9-6-4-2-1-3-5(6)7-11-12-8(10)13-7/h1-4H,(H2,10,12). The predicted molar refractivity (Wildman–Crippen MR) is 49.2 cm³/mol. The highest BCUT2D eigenvalue weighted by molar-refractivity contribution is 6.33. The minimum absolute atomic E-state index is 0.0370. The van der Waals surface area contributed by atoms with Gasteiger partial charge in [0, 0.05) is 0 Å². The summed E-state index contributed by atoms with van der Waals surface area (Å²) < 4.78 is 5.02. The van der Waals surface area contributed by atoms with E-state index >= 15 is 0 Å². The fourth-order valence-electron chi connectivity index (χ4n) is 0.978. The van der Waals surface area contributed by atoms with E-state index in [2.05, 4.69) is 10.2 Å². The van der Waals surface area contributed by atoms with Crippen LogP contribution in [0.1, 0.15) is 0 Å². The van der Waals surface area contributed by atoms with Gasteiger partial charge < -0.3 is 10.2 Å². The molecule has 2 aromatic rings. The van der Waals surface area contributed by atoms with Crippen LogP contribution in [-0.2, 0) is 0 Å². The Hall–Kier alpha value is -1.55. The van der Waals surface area contributed by atoms with Gasteiger partial charge in [-0.3, -0.25) is 0 Å². The van der Waals surface area contributed by atoms with Crippen molar-refractivity contribution in [2.24, 2.45) is 0 Å². The maximum Gasteiger partial charge on any atom is 0.313 e. The summed E-state index contributed by atoms with van der Waals surface area (Å²) in [5.74, 6) is 0.336. The van der Waals surface area contributed by atoms with Gasteiger partial charge in [0.1, 0.15) is 0 Å². The summed E-state index contributed by atoms with van der Waals surface area (Å²) in [6.07, 6.45) is 0. The summed E-state index contributed by atoms with van der Waals surface area (Å²) in [5, 5.41) is 7.82. The van der Waals surface area contributed by atoms with Gasteiger partial charge in [0.05, 0.1) is 10.6 Å². The van der Waals surface area contributed by atoms with Crippen molar-refractivity contribution in [2.75, 3.05) is 5.73 Å². The Morgan fingerprint density at radius 2 is 2.00 bits per heavy atom. The number of hydrogen-bond acceptors (Lipinski definition) is 4. The lowest BCUT2D eigenvalue weighted by Crippen LogP contribution is -1.81. The van der Waals surface area contributed by atoms with Crippen LogP contribution in [0.4, 0.5) is 6.01 Å². The van der Waals surface area contributed by atoms with Crippen molar-refractivity contribution >= 4 is 17.6 Å². The fourth-order valence-corrected chi connectivity index (χ4v) is 1.19. The zero-order valence-corrected chi connectivity index (χ0v) is 7.32. The fraction of sp³-hybridized carbons (Fsp3) is 0. The van der Waals surface area contributed by atoms with Crippen LogP contribution >= 0.6 is 11.6 Å². The Kier molecular flexibility index (Phi) is 1.90. The van der Waals surface area contributed by atoms with E-state index in [1.165, 1.54) is 0 Å². The molecule has 0 bridgehead atoms. The van der Waals surface area contributed by atoms with E-state index in [4.69, 9.17) is 21.8 Å². The third-order valence-electron chi connectivity index (χ3n) is 1.54. The molecule has 13 heavy (non-hydrogen) atoms. The van der Waals surface area contributed by atoms with Gasteiger partial charge in [0.2, 0.25) is 0 Å². The lowest BCUT2D eigenvalue weighted by atomic mass is 10.2. The molecule has 1 aromatic heterocycles. The Morgan fingerprint density at radius 1 is 1.23 bits per heavy atom. The van der Waals surface area contributed by atoms with Gasteiger partial charge in [-0.25, -0.2) is 0 Å². The molecule has 0 amide bonds. The third kappa shape index (κ3) is 1.48. The summed E-state index contributed by atoms with van der Waals surface area (Å²) in [6, 6.07) is 7.23. The molecule has 0 saturated heterocycles. The first-order valence-corrected chi connectivity index (χ1v) is 3.99. The maximum atomic E-state index is 5.90. The lowest BCUT2D eigenvalue weighted by Gasteiger charge is -1.95. The smallest absolute Gasteiger partial charge is 0.313 e. The van der Waals surface area contributed by atoms with E-state index in [1.807, 2.05) is 12.1 Å². The Bertz CT molecular complexity index is 427. The Balaban J connectivity index is 2.52. The summed E-state index contributed by atoms with van der Waals surface area (Å²) in [5.41, 5.74) is 5.97. The van der Waals surface area contributed by atoms with E-state index in [-0.39, 0.29) is 6.01 Å².